The molecule has 0 saturated heterocycles. The lowest BCUT2D eigenvalue weighted by Gasteiger charge is -2.16. The fourth-order valence-corrected chi connectivity index (χ4v) is 1.55. The number of aldehydes is 1. The molecule has 0 aromatic heterocycles. The zero-order chi connectivity index (χ0) is 9.84. The highest BCUT2D eigenvalue weighted by atomic mass is 16.1. The fraction of sp³-hybridized carbons (Fsp3) is 0.417. The Morgan fingerprint density at radius 3 is 2.31 bits per heavy atom. The summed E-state index contributed by atoms with van der Waals surface area (Å²) in [6.07, 6.45) is 1.05. The maximum absolute atomic E-state index is 10.9. The van der Waals surface area contributed by atoms with Crippen LogP contribution in [0.5, 0.6) is 0 Å². The van der Waals surface area contributed by atoms with Crippen molar-refractivity contribution < 1.29 is 4.79 Å². The largest absolute Gasteiger partial charge is 0.303 e. The minimum Gasteiger partial charge on any atom is -0.303 e. The second-order valence-electron chi connectivity index (χ2n) is 3.76. The standard InChI is InChI=1S/C12H16O/c1-9(2)12(8-13)11-7-5-4-6-10(11)3/h4-9,12H,1-3H3/t12-/m1/s1. The van der Waals surface area contributed by atoms with Crippen LogP contribution in [0, 0.1) is 12.8 Å². The summed E-state index contributed by atoms with van der Waals surface area (Å²) in [5.74, 6) is 0.416. The van der Waals surface area contributed by atoms with Gasteiger partial charge < -0.3 is 4.79 Å². The van der Waals surface area contributed by atoms with Gasteiger partial charge in [-0.3, -0.25) is 0 Å². The predicted octanol–water partition coefficient (Wildman–Crippen LogP) is 2.93. The van der Waals surface area contributed by atoms with E-state index in [2.05, 4.69) is 13.8 Å². The summed E-state index contributed by atoms with van der Waals surface area (Å²) >= 11 is 0. The molecule has 0 aliphatic heterocycles. The Hall–Kier alpha value is -1.11. The van der Waals surface area contributed by atoms with Crippen molar-refractivity contribution in [1.82, 2.24) is 0 Å². The average Bonchev–Trinajstić information content (AvgIpc) is 2.09. The first kappa shape index (κ1) is 9.97. The number of rotatable bonds is 3. The summed E-state index contributed by atoms with van der Waals surface area (Å²) in [4.78, 5) is 10.9. The highest BCUT2D eigenvalue weighted by Gasteiger charge is 2.15. The molecule has 0 unspecified atom stereocenters. The molecule has 70 valence electrons. The average molecular weight is 176 g/mol. The molecule has 0 aliphatic carbocycles. The van der Waals surface area contributed by atoms with E-state index in [-0.39, 0.29) is 5.92 Å². The van der Waals surface area contributed by atoms with Crippen LogP contribution in [0.4, 0.5) is 0 Å². The number of hydrogen-bond donors (Lipinski definition) is 0. The predicted molar refractivity (Wildman–Crippen MR) is 54.8 cm³/mol. The van der Waals surface area contributed by atoms with Crippen LogP contribution in [0.2, 0.25) is 0 Å². The summed E-state index contributed by atoms with van der Waals surface area (Å²) in [7, 11) is 0. The molecule has 0 fully saturated rings. The Morgan fingerprint density at radius 2 is 1.85 bits per heavy atom. The number of aryl methyl sites for hydroxylation is 1. The quantitative estimate of drug-likeness (QED) is 0.647. The van der Waals surface area contributed by atoms with Crippen LogP contribution in [-0.4, -0.2) is 6.29 Å². The number of hydrogen-bond acceptors (Lipinski definition) is 1. The fourth-order valence-electron chi connectivity index (χ4n) is 1.55. The van der Waals surface area contributed by atoms with Crippen LogP contribution in [0.25, 0.3) is 0 Å². The molecule has 0 aliphatic rings. The summed E-state index contributed by atoms with van der Waals surface area (Å²) in [6.45, 7) is 6.20. The Kier molecular flexibility index (Phi) is 3.24. The number of benzene rings is 1. The lowest BCUT2D eigenvalue weighted by molar-refractivity contribution is -0.109. The minimum atomic E-state index is 0.0428. The van der Waals surface area contributed by atoms with Crippen molar-refractivity contribution in [3.63, 3.8) is 0 Å². The molecule has 1 nitrogen and oxygen atoms in total. The molecule has 1 rings (SSSR count). The van der Waals surface area contributed by atoms with Crippen molar-refractivity contribution in [2.75, 3.05) is 0 Å². The van der Waals surface area contributed by atoms with Crippen molar-refractivity contribution in [2.24, 2.45) is 5.92 Å². The van der Waals surface area contributed by atoms with Crippen molar-refractivity contribution in [3.05, 3.63) is 35.4 Å². The van der Waals surface area contributed by atoms with Gasteiger partial charge in [-0.2, -0.15) is 0 Å². The maximum Gasteiger partial charge on any atom is 0.127 e. The molecule has 0 saturated carbocycles. The van der Waals surface area contributed by atoms with Gasteiger partial charge in [-0.15, -0.1) is 0 Å². The smallest absolute Gasteiger partial charge is 0.127 e. The lowest BCUT2D eigenvalue weighted by Crippen LogP contribution is -2.09. The van der Waals surface area contributed by atoms with Gasteiger partial charge in [-0.05, 0) is 24.0 Å². The van der Waals surface area contributed by atoms with E-state index < -0.39 is 0 Å². The Bertz CT molecular complexity index is 289. The third kappa shape index (κ3) is 2.18. The Morgan fingerprint density at radius 1 is 1.23 bits per heavy atom. The van der Waals surface area contributed by atoms with Crippen LogP contribution in [-0.2, 0) is 4.79 Å². The molecule has 1 atom stereocenters. The first-order chi connectivity index (χ1) is 6.16. The van der Waals surface area contributed by atoms with E-state index in [9.17, 15) is 4.79 Å². The van der Waals surface area contributed by atoms with E-state index in [1.165, 1.54) is 5.56 Å². The molecular formula is C12H16O. The molecule has 0 heterocycles. The summed E-state index contributed by atoms with van der Waals surface area (Å²) < 4.78 is 0. The zero-order valence-electron chi connectivity index (χ0n) is 8.45. The molecule has 1 aromatic carbocycles. The lowest BCUT2D eigenvalue weighted by atomic mass is 9.87. The Labute approximate surface area is 79.8 Å². The van der Waals surface area contributed by atoms with Crippen molar-refractivity contribution in [2.45, 2.75) is 26.7 Å². The molecule has 1 heteroatoms. The second-order valence-corrected chi connectivity index (χ2v) is 3.76. The molecule has 0 N–H and O–H groups in total. The van der Waals surface area contributed by atoms with E-state index in [1.54, 1.807) is 0 Å². The van der Waals surface area contributed by atoms with Gasteiger partial charge in [0.1, 0.15) is 6.29 Å². The zero-order valence-corrected chi connectivity index (χ0v) is 8.45. The highest BCUT2D eigenvalue weighted by molar-refractivity contribution is 5.63. The van der Waals surface area contributed by atoms with E-state index in [1.807, 2.05) is 31.2 Å². The normalized spacial score (nSPS) is 12.9. The van der Waals surface area contributed by atoms with E-state index >= 15 is 0 Å². The van der Waals surface area contributed by atoms with Crippen LogP contribution in [0.1, 0.15) is 30.9 Å². The molecule has 0 bridgehead atoms. The summed E-state index contributed by atoms with van der Waals surface area (Å²) in [5.41, 5.74) is 2.36. The van der Waals surface area contributed by atoms with Gasteiger partial charge in [-0.1, -0.05) is 38.1 Å². The van der Waals surface area contributed by atoms with Gasteiger partial charge in [0.15, 0.2) is 0 Å². The third-order valence-corrected chi connectivity index (χ3v) is 2.41. The van der Waals surface area contributed by atoms with Gasteiger partial charge in [0.05, 0.1) is 0 Å². The van der Waals surface area contributed by atoms with Crippen LogP contribution in [0.3, 0.4) is 0 Å². The highest BCUT2D eigenvalue weighted by Crippen LogP contribution is 2.24. The molecule has 13 heavy (non-hydrogen) atoms. The van der Waals surface area contributed by atoms with Gasteiger partial charge >= 0.3 is 0 Å². The van der Waals surface area contributed by atoms with Crippen LogP contribution < -0.4 is 0 Å². The van der Waals surface area contributed by atoms with Gasteiger partial charge in [0, 0.05) is 5.92 Å². The number of carbonyl (C=O) groups excluding carboxylic acids is 1. The van der Waals surface area contributed by atoms with Gasteiger partial charge in [0.25, 0.3) is 0 Å². The first-order valence-corrected chi connectivity index (χ1v) is 4.67. The molecule has 0 radical (unpaired) electrons. The van der Waals surface area contributed by atoms with Crippen LogP contribution >= 0.6 is 0 Å². The Balaban J connectivity index is 3.04. The van der Waals surface area contributed by atoms with Crippen molar-refractivity contribution >= 4 is 6.29 Å². The second kappa shape index (κ2) is 4.22. The third-order valence-electron chi connectivity index (χ3n) is 2.41. The van der Waals surface area contributed by atoms with Crippen LogP contribution in [0.15, 0.2) is 24.3 Å². The molecular weight excluding hydrogens is 160 g/mol. The molecule has 0 spiro atoms. The van der Waals surface area contributed by atoms with Gasteiger partial charge in [0.2, 0.25) is 0 Å². The minimum absolute atomic E-state index is 0.0428. The summed E-state index contributed by atoms with van der Waals surface area (Å²) in [5, 5.41) is 0. The number of carbonyl (C=O) groups is 1. The molecule has 0 amide bonds. The summed E-state index contributed by atoms with van der Waals surface area (Å²) in [6, 6.07) is 8.07. The monoisotopic (exact) mass is 176 g/mol. The molecule has 1 aromatic rings. The van der Waals surface area contributed by atoms with Crippen molar-refractivity contribution in [1.29, 1.82) is 0 Å². The van der Waals surface area contributed by atoms with Crippen molar-refractivity contribution in [3.8, 4) is 0 Å². The van der Waals surface area contributed by atoms with E-state index in [0.717, 1.165) is 11.8 Å². The first-order valence-electron chi connectivity index (χ1n) is 4.67. The van der Waals surface area contributed by atoms with E-state index in [0.29, 0.717) is 5.92 Å². The maximum atomic E-state index is 10.9. The SMILES string of the molecule is Cc1ccccc1[C@H](C=O)C(C)C. The topological polar surface area (TPSA) is 17.1 Å². The van der Waals surface area contributed by atoms with E-state index in [4.69, 9.17) is 0 Å². The van der Waals surface area contributed by atoms with Gasteiger partial charge in [-0.25, -0.2) is 0 Å².